The second-order valence-electron chi connectivity index (χ2n) is 3.20. The van der Waals surface area contributed by atoms with Gasteiger partial charge >= 0.3 is 0 Å². The lowest BCUT2D eigenvalue weighted by Gasteiger charge is -2.03. The summed E-state index contributed by atoms with van der Waals surface area (Å²) in [6, 6.07) is 10.1. The van der Waals surface area contributed by atoms with E-state index in [9.17, 15) is 0 Å². The molecule has 0 saturated carbocycles. The van der Waals surface area contributed by atoms with Crippen molar-refractivity contribution in [2.75, 3.05) is 0 Å². The number of oxime groups is 1. The molecule has 0 radical (unpaired) electrons. The first-order chi connectivity index (χ1) is 6.20. The van der Waals surface area contributed by atoms with Crippen LogP contribution in [-0.4, -0.2) is 14.8 Å². The number of rotatable bonds is 3. The lowest BCUT2D eigenvalue weighted by atomic mass is 10.1. The minimum atomic E-state index is -1.04. The Bertz CT molecular complexity index is 282. The van der Waals surface area contributed by atoms with Gasteiger partial charge in [-0.25, -0.2) is 0 Å². The van der Waals surface area contributed by atoms with Crippen LogP contribution < -0.4 is 0 Å². The highest BCUT2D eigenvalue weighted by Gasteiger charge is 1.97. The van der Waals surface area contributed by atoms with Crippen LogP contribution in [0.5, 0.6) is 0 Å². The summed E-state index contributed by atoms with van der Waals surface area (Å²) in [5, 5.41) is 4.07. The van der Waals surface area contributed by atoms with Gasteiger partial charge in [0.25, 0.3) is 9.04 Å². The molecule has 1 aromatic rings. The molecule has 0 saturated heterocycles. The van der Waals surface area contributed by atoms with Crippen LogP contribution in [0.25, 0.3) is 0 Å². The Kier molecular flexibility index (Phi) is 3.70. The van der Waals surface area contributed by atoms with Crippen LogP contribution >= 0.6 is 0 Å². The summed E-state index contributed by atoms with van der Waals surface area (Å²) in [4.78, 5) is 0. The molecule has 1 rings (SSSR count). The minimum Gasteiger partial charge on any atom is -0.459 e. The molecular weight excluding hydrogens is 178 g/mol. The molecule has 2 nitrogen and oxygen atoms in total. The van der Waals surface area contributed by atoms with E-state index in [1.54, 1.807) is 0 Å². The maximum Gasteiger partial charge on any atom is 0.266 e. The monoisotopic (exact) mass is 193 g/mol. The fourth-order valence-corrected chi connectivity index (χ4v) is 1.29. The zero-order valence-corrected chi connectivity index (χ0v) is 9.47. The van der Waals surface area contributed by atoms with Gasteiger partial charge in [0.1, 0.15) is 0 Å². The van der Waals surface area contributed by atoms with Crippen molar-refractivity contribution in [2.45, 2.75) is 20.0 Å². The Morgan fingerprint density at radius 3 is 2.38 bits per heavy atom. The molecule has 3 heteroatoms. The third-order valence-electron chi connectivity index (χ3n) is 1.59. The Balaban J connectivity index is 2.68. The Morgan fingerprint density at radius 2 is 1.85 bits per heavy atom. The predicted octanol–water partition coefficient (Wildman–Crippen LogP) is 2.41. The molecule has 0 atom stereocenters. The van der Waals surface area contributed by atoms with E-state index in [1.807, 2.05) is 37.3 Å². The van der Waals surface area contributed by atoms with E-state index in [2.05, 4.69) is 18.2 Å². The predicted molar refractivity (Wildman–Crippen MR) is 58.6 cm³/mol. The largest absolute Gasteiger partial charge is 0.459 e. The van der Waals surface area contributed by atoms with E-state index >= 15 is 0 Å². The molecule has 0 aliphatic rings. The molecule has 1 aromatic carbocycles. The molecular formula is C10H15NOSi. The van der Waals surface area contributed by atoms with E-state index in [4.69, 9.17) is 4.53 Å². The Morgan fingerprint density at radius 1 is 1.23 bits per heavy atom. The van der Waals surface area contributed by atoms with Crippen LogP contribution in [-0.2, 0) is 4.53 Å². The van der Waals surface area contributed by atoms with Gasteiger partial charge in [-0.05, 0) is 25.6 Å². The van der Waals surface area contributed by atoms with E-state index < -0.39 is 9.04 Å². The average Bonchev–Trinajstić information content (AvgIpc) is 2.15. The summed E-state index contributed by atoms with van der Waals surface area (Å²) in [7, 11) is -1.04. The minimum absolute atomic E-state index is 0.946. The van der Waals surface area contributed by atoms with Crippen LogP contribution in [0.2, 0.25) is 13.1 Å². The molecule has 13 heavy (non-hydrogen) atoms. The summed E-state index contributed by atoms with van der Waals surface area (Å²) < 4.78 is 5.28. The Hall–Kier alpha value is -1.09. The van der Waals surface area contributed by atoms with Gasteiger partial charge in [0.15, 0.2) is 0 Å². The number of hydrogen-bond acceptors (Lipinski definition) is 2. The number of benzene rings is 1. The van der Waals surface area contributed by atoms with Crippen molar-refractivity contribution in [3.8, 4) is 0 Å². The lowest BCUT2D eigenvalue weighted by Crippen LogP contribution is -2.05. The smallest absolute Gasteiger partial charge is 0.266 e. The fourth-order valence-electron chi connectivity index (χ4n) is 0.917. The van der Waals surface area contributed by atoms with Crippen molar-refractivity contribution >= 4 is 14.8 Å². The van der Waals surface area contributed by atoms with Crippen molar-refractivity contribution in [1.29, 1.82) is 0 Å². The molecule has 0 aromatic heterocycles. The standard InChI is InChI=1S/C10H15NOSi/c1-9(11-12-13(2)3)10-7-5-4-6-8-10/h4-8,13H,1-3H3. The van der Waals surface area contributed by atoms with Gasteiger partial charge in [-0.15, -0.1) is 5.16 Å². The molecule has 0 aliphatic heterocycles. The van der Waals surface area contributed by atoms with Gasteiger partial charge < -0.3 is 4.53 Å². The first-order valence-corrected chi connectivity index (χ1v) is 7.24. The first kappa shape index (κ1) is 9.99. The van der Waals surface area contributed by atoms with E-state index in [0.29, 0.717) is 0 Å². The second kappa shape index (κ2) is 4.82. The highest BCUT2D eigenvalue weighted by molar-refractivity contribution is 6.48. The molecule has 0 unspecified atom stereocenters. The van der Waals surface area contributed by atoms with Crippen LogP contribution in [0.3, 0.4) is 0 Å². The van der Waals surface area contributed by atoms with Crippen LogP contribution in [0.1, 0.15) is 12.5 Å². The summed E-state index contributed by atoms with van der Waals surface area (Å²) >= 11 is 0. The van der Waals surface area contributed by atoms with Crippen molar-refractivity contribution in [1.82, 2.24) is 0 Å². The highest BCUT2D eigenvalue weighted by atomic mass is 28.3. The van der Waals surface area contributed by atoms with Gasteiger partial charge in [-0.3, -0.25) is 0 Å². The lowest BCUT2D eigenvalue weighted by molar-refractivity contribution is 0.352. The SMILES string of the molecule is CC(=NO[SiH](C)C)c1ccccc1. The molecule has 0 bridgehead atoms. The molecule has 0 heterocycles. The van der Waals surface area contributed by atoms with Gasteiger partial charge in [-0.2, -0.15) is 0 Å². The van der Waals surface area contributed by atoms with Crippen molar-refractivity contribution in [3.05, 3.63) is 35.9 Å². The Labute approximate surface area is 81.0 Å². The molecule has 0 aliphatic carbocycles. The maximum absolute atomic E-state index is 5.28. The van der Waals surface area contributed by atoms with Gasteiger partial charge in [0.05, 0.1) is 5.71 Å². The average molecular weight is 193 g/mol. The van der Waals surface area contributed by atoms with Crippen LogP contribution in [0.4, 0.5) is 0 Å². The van der Waals surface area contributed by atoms with Gasteiger partial charge in [-0.1, -0.05) is 30.3 Å². The van der Waals surface area contributed by atoms with Crippen LogP contribution in [0, 0.1) is 0 Å². The third-order valence-corrected chi connectivity index (χ3v) is 2.12. The summed E-state index contributed by atoms with van der Waals surface area (Å²) in [5.41, 5.74) is 2.07. The van der Waals surface area contributed by atoms with Crippen molar-refractivity contribution in [3.63, 3.8) is 0 Å². The fraction of sp³-hybridized carbons (Fsp3) is 0.300. The third kappa shape index (κ3) is 3.42. The van der Waals surface area contributed by atoms with E-state index in [-0.39, 0.29) is 0 Å². The van der Waals surface area contributed by atoms with Gasteiger partial charge in [0, 0.05) is 0 Å². The van der Waals surface area contributed by atoms with E-state index in [1.165, 1.54) is 0 Å². The van der Waals surface area contributed by atoms with E-state index in [0.717, 1.165) is 11.3 Å². The normalized spacial score (nSPS) is 11.8. The molecule has 0 amide bonds. The first-order valence-electron chi connectivity index (χ1n) is 4.46. The number of nitrogens with zero attached hydrogens (tertiary/aromatic N) is 1. The molecule has 0 spiro atoms. The van der Waals surface area contributed by atoms with Crippen molar-refractivity contribution < 1.29 is 4.53 Å². The van der Waals surface area contributed by atoms with Crippen molar-refractivity contribution in [2.24, 2.45) is 5.16 Å². The topological polar surface area (TPSA) is 21.6 Å². The number of hydrogen-bond donors (Lipinski definition) is 0. The summed E-state index contributed by atoms with van der Waals surface area (Å²) in [5.74, 6) is 0. The quantitative estimate of drug-likeness (QED) is 0.410. The maximum atomic E-state index is 5.28. The molecule has 0 fully saturated rings. The second-order valence-corrected chi connectivity index (χ2v) is 5.51. The summed E-state index contributed by atoms with van der Waals surface area (Å²) in [6.45, 7) is 6.16. The summed E-state index contributed by atoms with van der Waals surface area (Å²) in [6.07, 6.45) is 0. The zero-order valence-electron chi connectivity index (χ0n) is 8.32. The molecule has 70 valence electrons. The van der Waals surface area contributed by atoms with Gasteiger partial charge in [0.2, 0.25) is 0 Å². The molecule has 0 N–H and O–H groups in total. The highest BCUT2D eigenvalue weighted by Crippen LogP contribution is 2.01. The van der Waals surface area contributed by atoms with Crippen LogP contribution in [0.15, 0.2) is 35.5 Å². The zero-order chi connectivity index (χ0) is 9.68.